The van der Waals surface area contributed by atoms with Crippen molar-refractivity contribution >= 4 is 36.0 Å². The molecule has 2 heterocycles. The fraction of sp³-hybridized carbons (Fsp3) is 0.900. The van der Waals surface area contributed by atoms with Crippen molar-refractivity contribution in [1.82, 2.24) is 15.5 Å². The van der Waals surface area contributed by atoms with Crippen molar-refractivity contribution in [2.75, 3.05) is 33.4 Å². The summed E-state index contributed by atoms with van der Waals surface area (Å²) in [6, 6.07) is 0.833. The topological polar surface area (TPSA) is 75.2 Å². The van der Waals surface area contributed by atoms with Gasteiger partial charge in [0, 0.05) is 49.7 Å². The van der Waals surface area contributed by atoms with Crippen LogP contribution in [0.1, 0.15) is 51.9 Å². The lowest BCUT2D eigenvalue weighted by atomic mass is 9.54. The number of aliphatic imine (C=N–C) groups is 1. The second kappa shape index (κ2) is 9.36. The van der Waals surface area contributed by atoms with Crippen molar-refractivity contribution in [2.45, 2.75) is 70.1 Å². The van der Waals surface area contributed by atoms with E-state index in [1.54, 1.807) is 4.90 Å². The Kier molecular flexibility index (Phi) is 7.33. The zero-order valence-electron chi connectivity index (χ0n) is 17.1. The van der Waals surface area contributed by atoms with Crippen LogP contribution in [0.2, 0.25) is 0 Å². The number of hydrogen-bond acceptors (Lipinski definition) is 4. The molecule has 2 aliphatic carbocycles. The average molecular weight is 506 g/mol. The molecule has 7 nitrogen and oxygen atoms in total. The minimum absolute atomic E-state index is 0. The number of piperidine rings is 1. The number of likely N-dealkylation sites (tertiary alicyclic amines) is 1. The van der Waals surface area contributed by atoms with Crippen LogP contribution in [0, 0.1) is 11.3 Å². The lowest BCUT2D eigenvalue weighted by Gasteiger charge is -2.57. The van der Waals surface area contributed by atoms with Gasteiger partial charge in [-0.05, 0) is 39.0 Å². The Hall–Kier alpha value is -0.770. The van der Waals surface area contributed by atoms with Gasteiger partial charge < -0.3 is 25.0 Å². The van der Waals surface area contributed by atoms with Gasteiger partial charge in [0.2, 0.25) is 0 Å². The summed E-state index contributed by atoms with van der Waals surface area (Å²) in [7, 11) is 1.44. The number of halogens is 1. The zero-order chi connectivity index (χ0) is 18.9. The predicted octanol–water partition coefficient (Wildman–Crippen LogP) is 2.74. The molecular weight excluding hydrogens is 471 g/mol. The van der Waals surface area contributed by atoms with Crippen LogP contribution in [0.4, 0.5) is 4.79 Å². The van der Waals surface area contributed by atoms with E-state index in [4.69, 9.17) is 14.5 Å². The van der Waals surface area contributed by atoms with E-state index >= 15 is 0 Å². The third-order valence-corrected chi connectivity index (χ3v) is 7.16. The van der Waals surface area contributed by atoms with Gasteiger partial charge in [-0.1, -0.05) is 12.8 Å². The Morgan fingerprint density at radius 2 is 1.93 bits per heavy atom. The number of nitrogens with one attached hydrogen (secondary N) is 2. The molecule has 2 saturated heterocycles. The van der Waals surface area contributed by atoms with Crippen LogP contribution < -0.4 is 10.6 Å². The number of ether oxygens (including phenoxy) is 2. The first-order chi connectivity index (χ1) is 13.2. The van der Waals surface area contributed by atoms with Gasteiger partial charge in [0.1, 0.15) is 0 Å². The summed E-state index contributed by atoms with van der Waals surface area (Å²) in [6.07, 6.45) is 8.46. The van der Waals surface area contributed by atoms with Crippen LogP contribution in [0.25, 0.3) is 0 Å². The van der Waals surface area contributed by atoms with Gasteiger partial charge >= 0.3 is 6.09 Å². The third kappa shape index (κ3) is 3.95. The van der Waals surface area contributed by atoms with E-state index < -0.39 is 0 Å². The molecular formula is C20H35IN4O3. The standard InChI is InChI=1S/C20H34N4O3.HI/c1-3-21-18(22-14-6-11-24(12-7-14)19(25)26-2)23-16-15-8-13-27-17(15)20(16)9-4-5-10-20;/h14-17H,3-13H2,1-2H3,(H2,21,22,23);1H. The molecule has 2 aliphatic heterocycles. The molecule has 4 rings (SSSR count). The molecule has 3 atom stereocenters. The van der Waals surface area contributed by atoms with E-state index in [9.17, 15) is 4.79 Å². The number of carbonyl (C=O) groups is 1. The van der Waals surface area contributed by atoms with Crippen LogP contribution >= 0.6 is 24.0 Å². The molecule has 160 valence electrons. The largest absolute Gasteiger partial charge is 0.453 e. The summed E-state index contributed by atoms with van der Waals surface area (Å²) in [4.78, 5) is 18.2. The normalized spacial score (nSPS) is 31.7. The minimum Gasteiger partial charge on any atom is -0.453 e. The molecule has 1 spiro atoms. The summed E-state index contributed by atoms with van der Waals surface area (Å²) >= 11 is 0. The van der Waals surface area contributed by atoms with Gasteiger partial charge in [0.15, 0.2) is 5.96 Å². The van der Waals surface area contributed by atoms with E-state index in [0.717, 1.165) is 45.0 Å². The van der Waals surface area contributed by atoms with Gasteiger partial charge in [0.05, 0.1) is 13.2 Å². The molecule has 28 heavy (non-hydrogen) atoms. The molecule has 0 aromatic carbocycles. The second-order valence-corrected chi connectivity index (χ2v) is 8.50. The van der Waals surface area contributed by atoms with E-state index in [1.165, 1.54) is 39.2 Å². The lowest BCUT2D eigenvalue weighted by Crippen LogP contribution is -2.69. The van der Waals surface area contributed by atoms with Crippen molar-refractivity contribution in [3.63, 3.8) is 0 Å². The van der Waals surface area contributed by atoms with E-state index in [2.05, 4.69) is 17.6 Å². The van der Waals surface area contributed by atoms with Gasteiger partial charge in [-0.3, -0.25) is 4.99 Å². The summed E-state index contributed by atoms with van der Waals surface area (Å²) in [6.45, 7) is 5.22. The Balaban J connectivity index is 0.00000225. The molecule has 0 aromatic rings. The summed E-state index contributed by atoms with van der Waals surface area (Å²) in [5.41, 5.74) is 0.325. The second-order valence-electron chi connectivity index (χ2n) is 8.50. The van der Waals surface area contributed by atoms with Crippen LogP contribution in [0.5, 0.6) is 0 Å². The van der Waals surface area contributed by atoms with Crippen LogP contribution in [0.3, 0.4) is 0 Å². The third-order valence-electron chi connectivity index (χ3n) is 7.16. The smallest absolute Gasteiger partial charge is 0.409 e. The van der Waals surface area contributed by atoms with Crippen molar-refractivity contribution in [3.8, 4) is 0 Å². The van der Waals surface area contributed by atoms with Crippen molar-refractivity contribution in [2.24, 2.45) is 16.3 Å². The first-order valence-electron chi connectivity index (χ1n) is 10.7. The van der Waals surface area contributed by atoms with Gasteiger partial charge in [-0.25, -0.2) is 4.79 Å². The molecule has 0 radical (unpaired) electrons. The maximum Gasteiger partial charge on any atom is 0.409 e. The molecule has 1 amide bonds. The molecule has 8 heteroatoms. The highest BCUT2D eigenvalue weighted by Gasteiger charge is 2.65. The Morgan fingerprint density at radius 3 is 2.57 bits per heavy atom. The number of hydrogen-bond donors (Lipinski definition) is 2. The predicted molar refractivity (Wildman–Crippen MR) is 119 cm³/mol. The number of guanidine groups is 1. The molecule has 2 saturated carbocycles. The lowest BCUT2D eigenvalue weighted by molar-refractivity contribution is -0.125. The maximum atomic E-state index is 11.7. The Morgan fingerprint density at radius 1 is 1.21 bits per heavy atom. The van der Waals surface area contributed by atoms with Gasteiger partial charge in [-0.15, -0.1) is 24.0 Å². The van der Waals surface area contributed by atoms with Crippen molar-refractivity contribution in [3.05, 3.63) is 0 Å². The molecule has 0 aromatic heterocycles. The SMILES string of the molecule is CCN=C(NC1CCN(C(=O)OC)CC1)NC1C2CCOC2C12CCCC2.I. The average Bonchev–Trinajstić information content (AvgIpc) is 3.35. The fourth-order valence-electron chi connectivity index (χ4n) is 5.87. The first-order valence-corrected chi connectivity index (χ1v) is 10.7. The van der Waals surface area contributed by atoms with Crippen molar-refractivity contribution in [1.29, 1.82) is 0 Å². The molecule has 3 unspecified atom stereocenters. The monoisotopic (exact) mass is 506 g/mol. The number of fused-ring (bicyclic) bond motifs is 2. The van der Waals surface area contributed by atoms with Gasteiger partial charge in [0.25, 0.3) is 0 Å². The minimum atomic E-state index is -0.223. The van der Waals surface area contributed by atoms with Crippen LogP contribution in [-0.4, -0.2) is 68.5 Å². The number of methoxy groups -OCH3 is 1. The quantitative estimate of drug-likeness (QED) is 0.350. The summed E-state index contributed by atoms with van der Waals surface area (Å²) in [5.74, 6) is 1.57. The van der Waals surface area contributed by atoms with E-state index in [0.29, 0.717) is 29.5 Å². The highest BCUT2D eigenvalue weighted by Crippen LogP contribution is 2.60. The number of nitrogens with zero attached hydrogens (tertiary/aromatic N) is 2. The number of carbonyl (C=O) groups excluding carboxylic acids is 1. The maximum absolute atomic E-state index is 11.7. The highest BCUT2D eigenvalue weighted by molar-refractivity contribution is 14.0. The fourth-order valence-corrected chi connectivity index (χ4v) is 5.87. The molecule has 2 N–H and O–H groups in total. The van der Waals surface area contributed by atoms with E-state index in [1.807, 2.05) is 0 Å². The van der Waals surface area contributed by atoms with Gasteiger partial charge in [-0.2, -0.15) is 0 Å². The molecule has 4 fully saturated rings. The van der Waals surface area contributed by atoms with Crippen LogP contribution in [-0.2, 0) is 9.47 Å². The zero-order valence-corrected chi connectivity index (χ0v) is 19.4. The van der Waals surface area contributed by atoms with Crippen molar-refractivity contribution < 1.29 is 14.3 Å². The van der Waals surface area contributed by atoms with E-state index in [-0.39, 0.29) is 30.1 Å². The number of rotatable bonds is 3. The number of amides is 1. The summed E-state index contributed by atoms with van der Waals surface area (Å²) in [5, 5.41) is 7.44. The van der Waals surface area contributed by atoms with Crippen LogP contribution in [0.15, 0.2) is 4.99 Å². The molecule has 4 aliphatic rings. The first kappa shape index (κ1) is 21.9. The Bertz CT molecular complexity index is 574. The Labute approximate surface area is 185 Å². The summed E-state index contributed by atoms with van der Waals surface area (Å²) < 4.78 is 10.9. The molecule has 0 bridgehead atoms. The highest BCUT2D eigenvalue weighted by atomic mass is 127.